The van der Waals surface area contributed by atoms with Crippen LogP contribution in [-0.4, -0.2) is 48.4 Å². The molecule has 0 aliphatic rings. The van der Waals surface area contributed by atoms with Gasteiger partial charge < -0.3 is 15.5 Å². The Morgan fingerprint density at radius 2 is 1.78 bits per heavy atom. The Hall–Kier alpha value is -2.07. The number of hydrogen-bond donors (Lipinski definition) is 3. The average molecular weight is 351 g/mol. The topological polar surface area (TPSA) is 121 Å². The molecular formula is C13H15F2NO6S. The van der Waals surface area contributed by atoms with Crippen LogP contribution in [0, 0.1) is 0 Å². The third-order valence-corrected chi connectivity index (χ3v) is 4.19. The van der Waals surface area contributed by atoms with Gasteiger partial charge in [-0.15, -0.1) is 0 Å². The van der Waals surface area contributed by atoms with Gasteiger partial charge in [0.2, 0.25) is 9.84 Å². The highest BCUT2D eigenvalue weighted by Gasteiger charge is 2.30. The minimum atomic E-state index is -4.56. The monoisotopic (exact) mass is 351 g/mol. The quantitative estimate of drug-likeness (QED) is 0.653. The third kappa shape index (κ3) is 5.25. The highest BCUT2D eigenvalue weighted by Crippen LogP contribution is 2.14. The van der Waals surface area contributed by atoms with Gasteiger partial charge in [-0.2, -0.15) is 8.78 Å². The lowest BCUT2D eigenvalue weighted by Crippen LogP contribution is -2.46. The first-order chi connectivity index (χ1) is 10.5. The van der Waals surface area contributed by atoms with Gasteiger partial charge in [-0.1, -0.05) is 12.1 Å². The van der Waals surface area contributed by atoms with E-state index in [0.717, 1.165) is 6.92 Å². The van der Waals surface area contributed by atoms with Crippen molar-refractivity contribution in [2.75, 3.05) is 6.54 Å². The molecule has 7 nitrogen and oxygen atoms in total. The van der Waals surface area contributed by atoms with E-state index in [1.54, 1.807) is 0 Å². The first-order valence-corrected chi connectivity index (χ1v) is 8.00. The Morgan fingerprint density at radius 3 is 2.22 bits per heavy atom. The van der Waals surface area contributed by atoms with Crippen molar-refractivity contribution < 1.29 is 37.0 Å². The Balaban J connectivity index is 2.74. The molecule has 1 atom stereocenters. The molecule has 0 aliphatic carbocycles. The minimum Gasteiger partial charge on any atom is -0.479 e. The Labute approximate surface area is 130 Å². The van der Waals surface area contributed by atoms with Gasteiger partial charge in [-0.05, 0) is 24.6 Å². The summed E-state index contributed by atoms with van der Waals surface area (Å²) in [5.41, 5.74) is -2.00. The number of rotatable bonds is 7. The molecule has 0 saturated carbocycles. The van der Waals surface area contributed by atoms with Crippen molar-refractivity contribution in [2.45, 2.75) is 24.0 Å². The van der Waals surface area contributed by atoms with Gasteiger partial charge in [0.15, 0.2) is 5.60 Å². The second kappa shape index (κ2) is 7.01. The number of amides is 1. The zero-order valence-corrected chi connectivity index (χ0v) is 12.8. The predicted octanol–water partition coefficient (Wildman–Crippen LogP) is 0.389. The molecule has 0 aromatic heterocycles. The van der Waals surface area contributed by atoms with Crippen molar-refractivity contribution in [1.29, 1.82) is 0 Å². The Morgan fingerprint density at radius 1 is 1.26 bits per heavy atom. The second-order valence-corrected chi connectivity index (χ2v) is 7.00. The molecule has 1 amide bonds. The summed E-state index contributed by atoms with van der Waals surface area (Å²) in [6, 6.07) is 4.82. The van der Waals surface area contributed by atoms with Crippen LogP contribution in [0.1, 0.15) is 22.8 Å². The number of nitrogens with one attached hydrogen (secondary N) is 1. The smallest absolute Gasteiger partial charge is 0.337 e. The Bertz CT molecular complexity index is 685. The molecule has 1 aromatic carbocycles. The number of aliphatic hydroxyl groups is 1. The Kier molecular flexibility index (Phi) is 5.78. The van der Waals surface area contributed by atoms with Crippen molar-refractivity contribution in [3.63, 3.8) is 0 Å². The standard InChI is InChI=1S/C13H15F2NO6S/c1-13(20,11(18)19)7-16-10(17)9-4-2-8(3-5-9)6-23(21,22)12(14)15/h2-5,12,20H,6-7H2,1H3,(H,16,17)(H,18,19). The van der Waals surface area contributed by atoms with E-state index in [9.17, 15) is 31.9 Å². The molecule has 3 N–H and O–H groups in total. The van der Waals surface area contributed by atoms with Crippen LogP contribution in [-0.2, 0) is 20.4 Å². The molecule has 0 heterocycles. The number of carbonyl (C=O) groups is 2. The van der Waals surface area contributed by atoms with Gasteiger partial charge in [0, 0.05) is 5.56 Å². The maximum absolute atomic E-state index is 12.3. The highest BCUT2D eigenvalue weighted by atomic mass is 32.2. The van der Waals surface area contributed by atoms with E-state index in [2.05, 4.69) is 5.32 Å². The highest BCUT2D eigenvalue weighted by molar-refractivity contribution is 7.90. The van der Waals surface area contributed by atoms with Crippen LogP contribution in [0.25, 0.3) is 0 Å². The number of sulfone groups is 1. The fraction of sp³-hybridized carbons (Fsp3) is 0.385. The van der Waals surface area contributed by atoms with Crippen LogP contribution >= 0.6 is 0 Å². The lowest BCUT2D eigenvalue weighted by Gasteiger charge is -2.18. The molecule has 1 aromatic rings. The predicted molar refractivity (Wildman–Crippen MR) is 75.7 cm³/mol. The van der Waals surface area contributed by atoms with Gasteiger partial charge in [-0.25, -0.2) is 13.2 Å². The number of carbonyl (C=O) groups excluding carboxylic acids is 1. The molecule has 0 spiro atoms. The van der Waals surface area contributed by atoms with E-state index in [4.69, 9.17) is 5.11 Å². The molecular weight excluding hydrogens is 336 g/mol. The van der Waals surface area contributed by atoms with E-state index in [1.807, 2.05) is 0 Å². The summed E-state index contributed by atoms with van der Waals surface area (Å²) in [6.07, 6.45) is 0. The summed E-state index contributed by atoms with van der Waals surface area (Å²) in [6.45, 7) is 0.469. The van der Waals surface area contributed by atoms with Crippen molar-refractivity contribution in [3.05, 3.63) is 35.4 Å². The van der Waals surface area contributed by atoms with Crippen LogP contribution in [0.3, 0.4) is 0 Å². The lowest BCUT2D eigenvalue weighted by molar-refractivity contribution is -0.155. The third-order valence-electron chi connectivity index (χ3n) is 2.91. The molecule has 0 fully saturated rings. The zero-order chi connectivity index (χ0) is 17.8. The molecule has 0 radical (unpaired) electrons. The second-order valence-electron chi connectivity index (χ2n) is 5.03. The summed E-state index contributed by atoms with van der Waals surface area (Å²) in [4.78, 5) is 22.4. The maximum atomic E-state index is 12.3. The zero-order valence-electron chi connectivity index (χ0n) is 12.0. The summed E-state index contributed by atoms with van der Waals surface area (Å²) in [7, 11) is -4.56. The van der Waals surface area contributed by atoms with Gasteiger partial charge in [-0.3, -0.25) is 4.79 Å². The van der Waals surface area contributed by atoms with E-state index >= 15 is 0 Å². The van der Waals surface area contributed by atoms with Crippen molar-refractivity contribution in [3.8, 4) is 0 Å². The number of hydrogen-bond acceptors (Lipinski definition) is 5. The normalized spacial score (nSPS) is 14.3. The molecule has 10 heteroatoms. The van der Waals surface area contributed by atoms with Gasteiger partial charge in [0.25, 0.3) is 5.91 Å². The number of carboxylic acid groups (broad SMARTS) is 1. The first-order valence-electron chi connectivity index (χ1n) is 6.28. The number of aliphatic carboxylic acids is 1. The maximum Gasteiger partial charge on any atom is 0.337 e. The van der Waals surface area contributed by atoms with Crippen molar-refractivity contribution >= 4 is 21.7 Å². The van der Waals surface area contributed by atoms with Gasteiger partial charge >= 0.3 is 11.7 Å². The van der Waals surface area contributed by atoms with Crippen LogP contribution in [0.5, 0.6) is 0 Å². The molecule has 23 heavy (non-hydrogen) atoms. The largest absolute Gasteiger partial charge is 0.479 e. The average Bonchev–Trinajstić information content (AvgIpc) is 2.45. The van der Waals surface area contributed by atoms with E-state index < -0.39 is 45.4 Å². The van der Waals surface area contributed by atoms with Crippen molar-refractivity contribution in [1.82, 2.24) is 5.32 Å². The lowest BCUT2D eigenvalue weighted by atomic mass is 10.1. The van der Waals surface area contributed by atoms with Gasteiger partial charge in [0.1, 0.15) is 0 Å². The van der Waals surface area contributed by atoms with E-state index in [1.165, 1.54) is 24.3 Å². The number of alkyl halides is 2. The SMILES string of the molecule is CC(O)(CNC(=O)c1ccc(CS(=O)(=O)C(F)F)cc1)C(=O)O. The molecule has 1 unspecified atom stereocenters. The minimum absolute atomic E-state index is 0.0596. The number of halogens is 2. The number of benzene rings is 1. The molecule has 128 valence electrons. The van der Waals surface area contributed by atoms with E-state index in [-0.39, 0.29) is 11.1 Å². The van der Waals surface area contributed by atoms with Crippen LogP contribution < -0.4 is 5.32 Å². The van der Waals surface area contributed by atoms with Crippen LogP contribution in [0.15, 0.2) is 24.3 Å². The van der Waals surface area contributed by atoms with E-state index in [0.29, 0.717) is 0 Å². The number of carboxylic acids is 1. The van der Waals surface area contributed by atoms with Gasteiger partial charge in [0.05, 0.1) is 12.3 Å². The first kappa shape index (κ1) is 19.0. The molecule has 0 bridgehead atoms. The molecule has 0 aliphatic heterocycles. The summed E-state index contributed by atoms with van der Waals surface area (Å²) < 4.78 is 46.7. The summed E-state index contributed by atoms with van der Waals surface area (Å²) in [5.74, 6) is -6.55. The summed E-state index contributed by atoms with van der Waals surface area (Å²) in [5, 5.41) is 20.4. The molecule has 1 rings (SSSR count). The van der Waals surface area contributed by atoms with Crippen LogP contribution in [0.2, 0.25) is 0 Å². The van der Waals surface area contributed by atoms with Crippen molar-refractivity contribution in [2.24, 2.45) is 0 Å². The fourth-order valence-corrected chi connectivity index (χ4v) is 2.26. The van der Waals surface area contributed by atoms with Crippen LogP contribution in [0.4, 0.5) is 8.78 Å². The molecule has 0 saturated heterocycles. The summed E-state index contributed by atoms with van der Waals surface area (Å²) >= 11 is 0. The fourth-order valence-electron chi connectivity index (χ4n) is 1.48.